The minimum Gasteiger partial charge on any atom is -0.342 e. The molecule has 0 atom stereocenters. The molecule has 3 nitrogen and oxygen atoms in total. The zero-order chi connectivity index (χ0) is 12.1. The molecule has 16 heavy (non-hydrogen) atoms. The van der Waals surface area contributed by atoms with Crippen LogP contribution in [-0.4, -0.2) is 30.9 Å². The van der Waals surface area contributed by atoms with E-state index >= 15 is 0 Å². The number of halogens is 2. The van der Waals surface area contributed by atoms with E-state index in [0.29, 0.717) is 19.5 Å². The lowest BCUT2D eigenvalue weighted by atomic mass is 10.2. The number of amides is 1. The second-order valence-corrected chi connectivity index (χ2v) is 3.49. The van der Waals surface area contributed by atoms with Crippen molar-refractivity contribution in [2.24, 2.45) is 5.73 Å². The molecule has 0 spiro atoms. The zero-order valence-corrected chi connectivity index (χ0v) is 9.04. The van der Waals surface area contributed by atoms with Gasteiger partial charge >= 0.3 is 0 Å². The Balaban J connectivity index is 2.83. The molecule has 0 aliphatic rings. The highest BCUT2D eigenvalue weighted by atomic mass is 19.1. The van der Waals surface area contributed by atoms with E-state index in [1.54, 1.807) is 0 Å². The molecule has 0 radical (unpaired) electrons. The molecule has 0 bridgehead atoms. The normalized spacial score (nSPS) is 10.2. The summed E-state index contributed by atoms with van der Waals surface area (Å²) in [5.74, 6) is -1.88. The van der Waals surface area contributed by atoms with Crippen molar-refractivity contribution in [2.45, 2.75) is 6.42 Å². The Morgan fingerprint density at radius 2 is 2.12 bits per heavy atom. The molecule has 88 valence electrons. The van der Waals surface area contributed by atoms with Crippen molar-refractivity contribution in [1.82, 2.24) is 4.90 Å². The molecule has 2 N–H and O–H groups in total. The zero-order valence-electron chi connectivity index (χ0n) is 9.04. The summed E-state index contributed by atoms with van der Waals surface area (Å²) in [5.41, 5.74) is 5.05. The molecule has 1 rings (SSSR count). The first-order valence-electron chi connectivity index (χ1n) is 4.97. The van der Waals surface area contributed by atoms with Crippen LogP contribution in [0.1, 0.15) is 16.8 Å². The quantitative estimate of drug-likeness (QED) is 0.846. The van der Waals surface area contributed by atoms with Gasteiger partial charge in [0.25, 0.3) is 5.91 Å². The van der Waals surface area contributed by atoms with Gasteiger partial charge in [0, 0.05) is 13.6 Å². The van der Waals surface area contributed by atoms with Gasteiger partial charge in [-0.1, -0.05) is 0 Å². The standard InChI is InChI=1S/C11H14F2N2O/c1-15(6-2-5-14)11(16)9-7-8(12)3-4-10(9)13/h3-4,7H,2,5-6,14H2,1H3. The number of benzene rings is 1. The Hall–Kier alpha value is -1.49. The maximum Gasteiger partial charge on any atom is 0.256 e. The lowest BCUT2D eigenvalue weighted by molar-refractivity contribution is 0.0789. The van der Waals surface area contributed by atoms with Crippen LogP contribution in [0, 0.1) is 11.6 Å². The fourth-order valence-electron chi connectivity index (χ4n) is 1.30. The maximum atomic E-state index is 13.3. The summed E-state index contributed by atoms with van der Waals surface area (Å²) in [6, 6.07) is 2.82. The molecule has 0 aliphatic heterocycles. The van der Waals surface area contributed by atoms with Crippen molar-refractivity contribution in [2.75, 3.05) is 20.1 Å². The number of nitrogens with two attached hydrogens (primary N) is 1. The van der Waals surface area contributed by atoms with Crippen LogP contribution >= 0.6 is 0 Å². The summed E-state index contributed by atoms with van der Waals surface area (Å²) in [7, 11) is 1.53. The van der Waals surface area contributed by atoms with E-state index in [4.69, 9.17) is 5.73 Å². The lowest BCUT2D eigenvalue weighted by Crippen LogP contribution is -2.29. The molecular weight excluding hydrogens is 214 g/mol. The fraction of sp³-hybridized carbons (Fsp3) is 0.364. The van der Waals surface area contributed by atoms with Gasteiger partial charge in [0.15, 0.2) is 0 Å². The summed E-state index contributed by atoms with van der Waals surface area (Å²) in [6.07, 6.45) is 0.624. The first-order chi connectivity index (χ1) is 7.56. The molecule has 0 fully saturated rings. The Morgan fingerprint density at radius 3 is 2.75 bits per heavy atom. The minimum atomic E-state index is -0.717. The summed E-state index contributed by atoms with van der Waals surface area (Å²) in [4.78, 5) is 13.0. The Labute approximate surface area is 92.8 Å². The molecule has 1 amide bonds. The molecule has 1 aromatic carbocycles. The third-order valence-electron chi connectivity index (χ3n) is 2.20. The predicted molar refractivity (Wildman–Crippen MR) is 57.0 cm³/mol. The SMILES string of the molecule is CN(CCCN)C(=O)c1cc(F)ccc1F. The van der Waals surface area contributed by atoms with Crippen LogP contribution in [0.2, 0.25) is 0 Å². The highest BCUT2D eigenvalue weighted by Crippen LogP contribution is 2.11. The summed E-state index contributed by atoms with van der Waals surface area (Å²) in [5, 5.41) is 0. The van der Waals surface area contributed by atoms with E-state index in [-0.39, 0.29) is 5.56 Å². The number of carbonyl (C=O) groups is 1. The molecule has 0 saturated carbocycles. The van der Waals surface area contributed by atoms with Crippen LogP contribution in [-0.2, 0) is 0 Å². The second-order valence-electron chi connectivity index (χ2n) is 3.49. The van der Waals surface area contributed by atoms with Crippen LogP contribution in [0.25, 0.3) is 0 Å². The third kappa shape index (κ3) is 3.00. The van der Waals surface area contributed by atoms with Gasteiger partial charge in [-0.05, 0) is 31.2 Å². The van der Waals surface area contributed by atoms with Crippen molar-refractivity contribution in [3.63, 3.8) is 0 Å². The van der Waals surface area contributed by atoms with Crippen LogP contribution in [0.3, 0.4) is 0 Å². The maximum absolute atomic E-state index is 13.3. The van der Waals surface area contributed by atoms with Crippen molar-refractivity contribution >= 4 is 5.91 Å². The van der Waals surface area contributed by atoms with Crippen LogP contribution in [0.15, 0.2) is 18.2 Å². The molecule has 0 aliphatic carbocycles. The number of carbonyl (C=O) groups excluding carboxylic acids is 1. The van der Waals surface area contributed by atoms with E-state index in [2.05, 4.69) is 0 Å². The van der Waals surface area contributed by atoms with Gasteiger partial charge in [-0.25, -0.2) is 8.78 Å². The molecule has 0 aromatic heterocycles. The highest BCUT2D eigenvalue weighted by molar-refractivity contribution is 5.94. The molecule has 0 unspecified atom stereocenters. The van der Waals surface area contributed by atoms with Crippen LogP contribution in [0.5, 0.6) is 0 Å². The fourth-order valence-corrected chi connectivity index (χ4v) is 1.30. The molecular formula is C11H14F2N2O. The smallest absolute Gasteiger partial charge is 0.256 e. The third-order valence-corrected chi connectivity index (χ3v) is 2.20. The molecule has 5 heteroatoms. The Bertz CT molecular complexity index is 382. The number of hydrogen-bond acceptors (Lipinski definition) is 2. The van der Waals surface area contributed by atoms with E-state index in [1.165, 1.54) is 11.9 Å². The van der Waals surface area contributed by atoms with Crippen molar-refractivity contribution < 1.29 is 13.6 Å². The largest absolute Gasteiger partial charge is 0.342 e. The number of rotatable bonds is 4. The first kappa shape index (κ1) is 12.6. The van der Waals surface area contributed by atoms with E-state index < -0.39 is 17.5 Å². The van der Waals surface area contributed by atoms with Gasteiger partial charge < -0.3 is 10.6 Å². The van der Waals surface area contributed by atoms with Gasteiger partial charge in [0.1, 0.15) is 11.6 Å². The molecule has 1 aromatic rings. The van der Waals surface area contributed by atoms with Crippen LogP contribution in [0.4, 0.5) is 8.78 Å². The van der Waals surface area contributed by atoms with E-state index in [0.717, 1.165) is 18.2 Å². The monoisotopic (exact) mass is 228 g/mol. The summed E-state index contributed by atoms with van der Waals surface area (Å²) >= 11 is 0. The Morgan fingerprint density at radius 1 is 1.44 bits per heavy atom. The van der Waals surface area contributed by atoms with Crippen molar-refractivity contribution in [1.29, 1.82) is 0 Å². The predicted octanol–water partition coefficient (Wildman–Crippen LogP) is 1.39. The molecule has 0 saturated heterocycles. The van der Waals surface area contributed by atoms with Crippen LogP contribution < -0.4 is 5.73 Å². The van der Waals surface area contributed by atoms with Crippen molar-refractivity contribution in [3.8, 4) is 0 Å². The lowest BCUT2D eigenvalue weighted by Gasteiger charge is -2.16. The average Bonchev–Trinajstić information content (AvgIpc) is 2.28. The van der Waals surface area contributed by atoms with E-state index in [1.807, 2.05) is 0 Å². The van der Waals surface area contributed by atoms with E-state index in [9.17, 15) is 13.6 Å². The number of hydrogen-bond donors (Lipinski definition) is 1. The highest BCUT2D eigenvalue weighted by Gasteiger charge is 2.16. The Kier molecular flexibility index (Phi) is 4.37. The van der Waals surface area contributed by atoms with Crippen molar-refractivity contribution in [3.05, 3.63) is 35.4 Å². The molecule has 0 heterocycles. The summed E-state index contributed by atoms with van der Waals surface area (Å²) in [6.45, 7) is 0.870. The van der Waals surface area contributed by atoms with Gasteiger partial charge in [0.05, 0.1) is 5.56 Å². The summed E-state index contributed by atoms with van der Waals surface area (Å²) < 4.78 is 26.1. The number of nitrogens with zero attached hydrogens (tertiary/aromatic N) is 1. The minimum absolute atomic E-state index is 0.250. The van der Waals surface area contributed by atoms with Gasteiger partial charge in [-0.15, -0.1) is 0 Å². The first-order valence-corrected chi connectivity index (χ1v) is 4.97. The van der Waals surface area contributed by atoms with Gasteiger partial charge in [-0.3, -0.25) is 4.79 Å². The average molecular weight is 228 g/mol. The van der Waals surface area contributed by atoms with Gasteiger partial charge in [0.2, 0.25) is 0 Å². The van der Waals surface area contributed by atoms with Gasteiger partial charge in [-0.2, -0.15) is 0 Å². The second kappa shape index (κ2) is 5.55. The topological polar surface area (TPSA) is 46.3 Å².